The molecule has 3 N–H and O–H groups in total. The van der Waals surface area contributed by atoms with Crippen molar-refractivity contribution in [1.29, 1.82) is 0 Å². The molecule has 2 aliphatic heterocycles. The molecule has 0 bridgehead atoms. The molecule has 1 saturated carbocycles. The maximum atomic E-state index is 13.5. The van der Waals surface area contributed by atoms with Crippen molar-refractivity contribution in [2.24, 2.45) is 10.9 Å². The van der Waals surface area contributed by atoms with E-state index in [1.54, 1.807) is 12.4 Å². The van der Waals surface area contributed by atoms with Crippen LogP contribution in [0.15, 0.2) is 56.4 Å². The second-order valence-corrected chi connectivity index (χ2v) is 8.47. The number of aliphatic imine (C=N–C) groups is 1. The van der Waals surface area contributed by atoms with E-state index < -0.39 is 23.7 Å². The fraction of sp³-hybridized carbons (Fsp3) is 0.391. The zero-order valence-electron chi connectivity index (χ0n) is 17.3. The van der Waals surface area contributed by atoms with Gasteiger partial charge < -0.3 is 19.9 Å². The van der Waals surface area contributed by atoms with Crippen LogP contribution in [0.5, 0.6) is 0 Å². The van der Waals surface area contributed by atoms with Crippen molar-refractivity contribution in [3.05, 3.63) is 58.5 Å². The Morgan fingerprint density at radius 3 is 2.66 bits per heavy atom. The maximum Gasteiger partial charge on any atom is 0.371 e. The average molecular weight is 437 g/mol. The van der Waals surface area contributed by atoms with Crippen LogP contribution in [0.2, 0.25) is 0 Å². The first kappa shape index (κ1) is 20.3. The molecule has 32 heavy (non-hydrogen) atoms. The standard InChI is InChI=1S/C23H23N3O6/c27-20(12-4-2-1-3-5-12)18-19(16-8-9-17(32-16)23(30)31)26(22(29)21(18)28)13-6-7-14-15(10-13)25-11-24-14/h6-9,11-12,15,19,28H,1-5,10H2,(H,24,25)(H,30,31). The van der Waals surface area contributed by atoms with Gasteiger partial charge in [-0.1, -0.05) is 19.3 Å². The van der Waals surface area contributed by atoms with Crippen LogP contribution in [0.25, 0.3) is 0 Å². The fourth-order valence-corrected chi connectivity index (χ4v) is 4.95. The minimum atomic E-state index is -1.25. The Balaban J connectivity index is 1.57. The Labute approximate surface area is 183 Å². The van der Waals surface area contributed by atoms with E-state index in [0.29, 0.717) is 25.0 Å². The molecule has 166 valence electrons. The molecule has 2 unspecified atom stereocenters. The summed E-state index contributed by atoms with van der Waals surface area (Å²) < 4.78 is 5.53. The summed E-state index contributed by atoms with van der Waals surface area (Å²) in [6.07, 6.45) is 9.84. The van der Waals surface area contributed by atoms with Crippen LogP contribution in [0.1, 0.15) is 60.9 Å². The predicted octanol–water partition coefficient (Wildman–Crippen LogP) is 2.99. The third-order valence-corrected chi connectivity index (χ3v) is 6.57. The number of hydrogen-bond acceptors (Lipinski definition) is 7. The molecule has 1 aromatic rings. The topological polar surface area (TPSA) is 132 Å². The van der Waals surface area contributed by atoms with Gasteiger partial charge in [-0.2, -0.15) is 0 Å². The van der Waals surface area contributed by atoms with Gasteiger partial charge in [-0.15, -0.1) is 0 Å². The lowest BCUT2D eigenvalue weighted by Crippen LogP contribution is -2.34. The van der Waals surface area contributed by atoms with E-state index in [2.05, 4.69) is 10.3 Å². The molecule has 1 fully saturated rings. The number of carbonyl (C=O) groups excluding carboxylic acids is 2. The van der Waals surface area contributed by atoms with E-state index in [0.717, 1.165) is 25.0 Å². The lowest BCUT2D eigenvalue weighted by molar-refractivity contribution is -0.127. The molecular formula is C23H23N3O6. The summed E-state index contributed by atoms with van der Waals surface area (Å²) in [6, 6.07) is 1.53. The number of carboxylic acids is 1. The number of furan rings is 1. The molecule has 1 aromatic heterocycles. The quantitative estimate of drug-likeness (QED) is 0.645. The second kappa shape index (κ2) is 7.81. The van der Waals surface area contributed by atoms with Gasteiger partial charge in [0.1, 0.15) is 11.8 Å². The molecule has 1 amide bonds. The zero-order chi connectivity index (χ0) is 22.4. The van der Waals surface area contributed by atoms with Crippen LogP contribution in [-0.2, 0) is 9.59 Å². The molecule has 5 rings (SSSR count). The van der Waals surface area contributed by atoms with Crippen molar-refractivity contribution in [2.45, 2.75) is 50.6 Å². The minimum absolute atomic E-state index is 0.0167. The highest BCUT2D eigenvalue weighted by Crippen LogP contribution is 2.45. The van der Waals surface area contributed by atoms with Gasteiger partial charge >= 0.3 is 5.97 Å². The molecule has 0 spiro atoms. The molecule has 0 radical (unpaired) electrons. The number of carboxylic acid groups (broad SMARTS) is 1. The van der Waals surface area contributed by atoms with Crippen molar-refractivity contribution in [1.82, 2.24) is 10.2 Å². The number of nitrogens with one attached hydrogen (secondary N) is 1. The first-order valence-electron chi connectivity index (χ1n) is 10.8. The van der Waals surface area contributed by atoms with E-state index in [1.165, 1.54) is 17.0 Å². The average Bonchev–Trinajstić information content (AvgIpc) is 3.52. The molecule has 9 nitrogen and oxygen atoms in total. The van der Waals surface area contributed by atoms with Gasteiger partial charge in [-0.05, 0) is 37.1 Å². The van der Waals surface area contributed by atoms with E-state index in [9.17, 15) is 24.6 Å². The van der Waals surface area contributed by atoms with Gasteiger partial charge in [-0.3, -0.25) is 19.5 Å². The Bertz CT molecular complexity index is 1120. The number of nitrogens with zero attached hydrogens (tertiary/aromatic N) is 2. The van der Waals surface area contributed by atoms with Gasteiger partial charge in [0.05, 0.1) is 18.0 Å². The van der Waals surface area contributed by atoms with Crippen LogP contribution in [-0.4, -0.2) is 45.2 Å². The second-order valence-electron chi connectivity index (χ2n) is 8.47. The molecular weight excluding hydrogens is 414 g/mol. The summed E-state index contributed by atoms with van der Waals surface area (Å²) in [6.45, 7) is 0. The lowest BCUT2D eigenvalue weighted by atomic mass is 9.82. The summed E-state index contributed by atoms with van der Waals surface area (Å²) in [5.41, 5.74) is 1.46. The number of aliphatic hydroxyl groups excluding tert-OH is 1. The minimum Gasteiger partial charge on any atom is -0.503 e. The van der Waals surface area contributed by atoms with Gasteiger partial charge in [0, 0.05) is 23.7 Å². The first-order valence-corrected chi connectivity index (χ1v) is 10.8. The molecule has 0 saturated heterocycles. The highest BCUT2D eigenvalue weighted by molar-refractivity contribution is 6.10. The number of carbonyl (C=O) groups is 3. The van der Waals surface area contributed by atoms with Crippen molar-refractivity contribution in [3.8, 4) is 0 Å². The van der Waals surface area contributed by atoms with Crippen LogP contribution in [0.3, 0.4) is 0 Å². The molecule has 0 aromatic carbocycles. The normalized spacial score (nSPS) is 25.5. The van der Waals surface area contributed by atoms with Crippen LogP contribution in [0.4, 0.5) is 0 Å². The van der Waals surface area contributed by atoms with Crippen LogP contribution < -0.4 is 5.32 Å². The van der Waals surface area contributed by atoms with E-state index in [4.69, 9.17) is 4.42 Å². The smallest absolute Gasteiger partial charge is 0.371 e. The SMILES string of the molecule is O=C(O)c1ccc(C2C(C(=O)C3CCCCC3)=C(O)C(=O)N2C2=CC=C3NC=NC3C2)o1. The number of allylic oxidation sites excluding steroid dienone is 2. The van der Waals surface area contributed by atoms with Gasteiger partial charge in [0.2, 0.25) is 5.76 Å². The summed E-state index contributed by atoms with van der Waals surface area (Å²) in [5.74, 6) is -3.26. The highest BCUT2D eigenvalue weighted by atomic mass is 16.4. The van der Waals surface area contributed by atoms with E-state index >= 15 is 0 Å². The Morgan fingerprint density at radius 2 is 1.94 bits per heavy atom. The molecule has 2 aliphatic carbocycles. The predicted molar refractivity (Wildman–Crippen MR) is 113 cm³/mol. The summed E-state index contributed by atoms with van der Waals surface area (Å²) in [4.78, 5) is 43.8. The Kier molecular flexibility index (Phi) is 4.96. The van der Waals surface area contributed by atoms with Crippen LogP contribution >= 0.6 is 0 Å². The third kappa shape index (κ3) is 3.24. The number of aliphatic hydroxyl groups is 1. The maximum absolute atomic E-state index is 13.5. The third-order valence-electron chi connectivity index (χ3n) is 6.57. The van der Waals surface area contributed by atoms with E-state index in [-0.39, 0.29) is 34.8 Å². The first-order chi connectivity index (χ1) is 15.5. The van der Waals surface area contributed by atoms with E-state index in [1.807, 2.05) is 6.08 Å². The molecule has 2 atom stereocenters. The number of amides is 1. The number of hydrogen-bond donors (Lipinski definition) is 3. The van der Waals surface area contributed by atoms with Gasteiger partial charge in [0.25, 0.3) is 5.91 Å². The molecule has 9 heteroatoms. The monoisotopic (exact) mass is 437 g/mol. The summed E-state index contributed by atoms with van der Waals surface area (Å²) in [7, 11) is 0. The van der Waals surface area contributed by atoms with Crippen molar-refractivity contribution in [3.63, 3.8) is 0 Å². The van der Waals surface area contributed by atoms with Crippen LogP contribution in [0, 0.1) is 5.92 Å². The number of Topliss-reactive ketones (excluding diaryl/α,β-unsaturated/α-hetero) is 1. The Morgan fingerprint density at radius 1 is 1.16 bits per heavy atom. The Hall–Kier alpha value is -3.62. The van der Waals surface area contributed by atoms with Crippen molar-refractivity contribution < 1.29 is 29.0 Å². The van der Waals surface area contributed by atoms with Gasteiger partial charge in [0.15, 0.2) is 11.5 Å². The number of fused-ring (bicyclic) bond motifs is 1. The molecule has 3 heterocycles. The summed E-state index contributed by atoms with van der Waals surface area (Å²) in [5, 5.41) is 23.2. The van der Waals surface area contributed by atoms with Gasteiger partial charge in [-0.25, -0.2) is 4.79 Å². The fourth-order valence-electron chi connectivity index (χ4n) is 4.95. The zero-order valence-corrected chi connectivity index (χ0v) is 17.3. The highest BCUT2D eigenvalue weighted by Gasteiger charge is 2.48. The lowest BCUT2D eigenvalue weighted by Gasteiger charge is -2.31. The van der Waals surface area contributed by atoms with Crippen molar-refractivity contribution >= 4 is 24.0 Å². The summed E-state index contributed by atoms with van der Waals surface area (Å²) >= 11 is 0. The molecule has 4 aliphatic rings. The largest absolute Gasteiger partial charge is 0.503 e. The van der Waals surface area contributed by atoms with Crippen molar-refractivity contribution in [2.75, 3.05) is 0 Å². The number of rotatable bonds is 5. The number of aromatic carboxylic acids is 1. The number of ketones is 1.